The van der Waals surface area contributed by atoms with Crippen LogP contribution in [0.2, 0.25) is 0 Å². The van der Waals surface area contributed by atoms with Gasteiger partial charge in [-0.2, -0.15) is 0 Å². The molecule has 0 aromatic carbocycles. The van der Waals surface area contributed by atoms with Crippen LogP contribution in [0.15, 0.2) is 15.9 Å². The van der Waals surface area contributed by atoms with Gasteiger partial charge in [0, 0.05) is 14.7 Å². The van der Waals surface area contributed by atoms with Crippen LogP contribution in [0.5, 0.6) is 0 Å². The minimum atomic E-state index is 0.904. The Balaban J connectivity index is 1.88. The van der Waals surface area contributed by atoms with Crippen LogP contribution in [0.25, 0.3) is 0 Å². The first-order chi connectivity index (χ1) is 7.79. The standard InChI is InChI=1S/C13H20BrNS/c1-2-15-8-11-5-3-4-10(11)6-13-7-12(14)9-16-13/h7,9-11,15H,2-6,8H2,1H3. The van der Waals surface area contributed by atoms with Crippen molar-refractivity contribution in [3.05, 3.63) is 20.8 Å². The monoisotopic (exact) mass is 301 g/mol. The van der Waals surface area contributed by atoms with E-state index in [0.29, 0.717) is 0 Å². The van der Waals surface area contributed by atoms with Crippen molar-refractivity contribution in [2.24, 2.45) is 11.8 Å². The quantitative estimate of drug-likeness (QED) is 0.864. The Kier molecular flexibility index (Phi) is 4.86. The minimum absolute atomic E-state index is 0.904. The Labute approximate surface area is 111 Å². The molecule has 2 atom stereocenters. The van der Waals surface area contributed by atoms with Gasteiger partial charge >= 0.3 is 0 Å². The fourth-order valence-corrected chi connectivity index (χ4v) is 4.25. The molecule has 16 heavy (non-hydrogen) atoms. The molecule has 2 rings (SSSR count). The number of nitrogens with one attached hydrogen (secondary N) is 1. The van der Waals surface area contributed by atoms with Gasteiger partial charge in [0.15, 0.2) is 0 Å². The summed E-state index contributed by atoms with van der Waals surface area (Å²) >= 11 is 5.43. The van der Waals surface area contributed by atoms with Crippen LogP contribution in [-0.2, 0) is 6.42 Å². The zero-order chi connectivity index (χ0) is 11.4. The van der Waals surface area contributed by atoms with Gasteiger partial charge in [0.05, 0.1) is 0 Å². The van der Waals surface area contributed by atoms with E-state index < -0.39 is 0 Å². The number of thiophene rings is 1. The molecule has 1 aliphatic carbocycles. The highest BCUT2D eigenvalue weighted by molar-refractivity contribution is 9.10. The van der Waals surface area contributed by atoms with Crippen LogP contribution in [0.1, 0.15) is 31.1 Å². The second-order valence-electron chi connectivity index (χ2n) is 4.69. The maximum absolute atomic E-state index is 3.54. The molecule has 1 nitrogen and oxygen atoms in total. The van der Waals surface area contributed by atoms with Gasteiger partial charge in [-0.15, -0.1) is 11.3 Å². The van der Waals surface area contributed by atoms with E-state index >= 15 is 0 Å². The average Bonchev–Trinajstić information content (AvgIpc) is 2.86. The summed E-state index contributed by atoms with van der Waals surface area (Å²) in [7, 11) is 0. The summed E-state index contributed by atoms with van der Waals surface area (Å²) in [4.78, 5) is 1.54. The molecule has 1 fully saturated rings. The first-order valence-corrected chi connectivity index (χ1v) is 7.90. The molecule has 3 heteroatoms. The summed E-state index contributed by atoms with van der Waals surface area (Å²) < 4.78 is 1.24. The van der Waals surface area contributed by atoms with E-state index in [2.05, 4.69) is 39.6 Å². The van der Waals surface area contributed by atoms with Crippen molar-refractivity contribution in [2.75, 3.05) is 13.1 Å². The SMILES string of the molecule is CCNCC1CCCC1Cc1cc(Br)cs1. The highest BCUT2D eigenvalue weighted by Gasteiger charge is 2.27. The fraction of sp³-hybridized carbons (Fsp3) is 0.692. The maximum Gasteiger partial charge on any atom is 0.0285 e. The second kappa shape index (κ2) is 6.18. The van der Waals surface area contributed by atoms with Gasteiger partial charge < -0.3 is 5.32 Å². The van der Waals surface area contributed by atoms with Gasteiger partial charge in [-0.25, -0.2) is 0 Å². The van der Waals surface area contributed by atoms with Gasteiger partial charge in [-0.1, -0.05) is 13.3 Å². The molecule has 1 N–H and O–H groups in total. The molecule has 1 aliphatic rings. The van der Waals surface area contributed by atoms with Crippen molar-refractivity contribution in [3.63, 3.8) is 0 Å². The van der Waals surface area contributed by atoms with Crippen LogP contribution >= 0.6 is 27.3 Å². The third-order valence-corrected chi connectivity index (χ3v) is 5.28. The van der Waals surface area contributed by atoms with Crippen molar-refractivity contribution in [1.82, 2.24) is 5.32 Å². The molecule has 1 heterocycles. The predicted molar refractivity (Wildman–Crippen MR) is 75.1 cm³/mol. The predicted octanol–water partition coefficient (Wildman–Crippen LogP) is 4.08. The first-order valence-electron chi connectivity index (χ1n) is 6.23. The Morgan fingerprint density at radius 2 is 2.25 bits per heavy atom. The van der Waals surface area contributed by atoms with E-state index in [9.17, 15) is 0 Å². The Bertz CT molecular complexity index is 323. The molecule has 1 aromatic rings. The molecule has 1 aromatic heterocycles. The van der Waals surface area contributed by atoms with Crippen molar-refractivity contribution in [1.29, 1.82) is 0 Å². The van der Waals surface area contributed by atoms with Gasteiger partial charge in [0.2, 0.25) is 0 Å². The van der Waals surface area contributed by atoms with Crippen LogP contribution in [0.4, 0.5) is 0 Å². The van der Waals surface area contributed by atoms with Gasteiger partial charge in [-0.3, -0.25) is 0 Å². The van der Waals surface area contributed by atoms with E-state index in [1.165, 1.54) is 36.7 Å². The Morgan fingerprint density at radius 1 is 1.44 bits per heavy atom. The summed E-state index contributed by atoms with van der Waals surface area (Å²) in [6.45, 7) is 4.52. The second-order valence-corrected chi connectivity index (χ2v) is 6.61. The van der Waals surface area contributed by atoms with Crippen LogP contribution in [0, 0.1) is 11.8 Å². The van der Waals surface area contributed by atoms with Crippen LogP contribution in [0.3, 0.4) is 0 Å². The van der Waals surface area contributed by atoms with Gasteiger partial charge in [0.25, 0.3) is 0 Å². The lowest BCUT2D eigenvalue weighted by Crippen LogP contribution is -2.25. The highest BCUT2D eigenvalue weighted by Crippen LogP contribution is 2.35. The summed E-state index contributed by atoms with van der Waals surface area (Å²) in [5.41, 5.74) is 0. The summed E-state index contributed by atoms with van der Waals surface area (Å²) in [5.74, 6) is 1.81. The molecular formula is C13H20BrNS. The van der Waals surface area contributed by atoms with Crippen LogP contribution < -0.4 is 5.32 Å². The van der Waals surface area contributed by atoms with Crippen LogP contribution in [-0.4, -0.2) is 13.1 Å². The Hall–Kier alpha value is 0.140. The lowest BCUT2D eigenvalue weighted by molar-refractivity contribution is 0.370. The molecule has 0 saturated heterocycles. The lowest BCUT2D eigenvalue weighted by Gasteiger charge is -2.19. The third kappa shape index (κ3) is 3.31. The number of hydrogen-bond donors (Lipinski definition) is 1. The molecule has 0 radical (unpaired) electrons. The van der Waals surface area contributed by atoms with Crippen molar-refractivity contribution < 1.29 is 0 Å². The molecule has 0 bridgehead atoms. The molecule has 0 amide bonds. The van der Waals surface area contributed by atoms with E-state index in [1.807, 2.05) is 11.3 Å². The zero-order valence-corrected chi connectivity index (χ0v) is 12.2. The first kappa shape index (κ1) is 12.6. The smallest absolute Gasteiger partial charge is 0.0285 e. The van der Waals surface area contributed by atoms with E-state index in [1.54, 1.807) is 4.88 Å². The minimum Gasteiger partial charge on any atom is -0.317 e. The topological polar surface area (TPSA) is 12.0 Å². The van der Waals surface area contributed by atoms with Gasteiger partial charge in [-0.05, 0) is 66.2 Å². The van der Waals surface area contributed by atoms with E-state index in [0.717, 1.165) is 18.4 Å². The molecule has 1 saturated carbocycles. The molecular weight excluding hydrogens is 282 g/mol. The largest absolute Gasteiger partial charge is 0.317 e. The maximum atomic E-state index is 3.54. The molecule has 0 aliphatic heterocycles. The van der Waals surface area contributed by atoms with Crippen molar-refractivity contribution in [2.45, 2.75) is 32.6 Å². The third-order valence-electron chi connectivity index (χ3n) is 3.56. The molecule has 0 spiro atoms. The molecule has 2 unspecified atom stereocenters. The van der Waals surface area contributed by atoms with E-state index in [4.69, 9.17) is 0 Å². The lowest BCUT2D eigenvalue weighted by atomic mass is 9.92. The number of rotatable bonds is 5. The van der Waals surface area contributed by atoms with E-state index in [-0.39, 0.29) is 0 Å². The summed E-state index contributed by atoms with van der Waals surface area (Å²) in [6, 6.07) is 2.29. The van der Waals surface area contributed by atoms with Gasteiger partial charge in [0.1, 0.15) is 0 Å². The Morgan fingerprint density at radius 3 is 2.94 bits per heavy atom. The highest BCUT2D eigenvalue weighted by atomic mass is 79.9. The number of hydrogen-bond acceptors (Lipinski definition) is 2. The normalized spacial score (nSPS) is 25.1. The molecule has 90 valence electrons. The summed E-state index contributed by atoms with van der Waals surface area (Å²) in [6.07, 6.45) is 5.55. The van der Waals surface area contributed by atoms with Crippen molar-refractivity contribution >= 4 is 27.3 Å². The average molecular weight is 302 g/mol. The summed E-state index contributed by atoms with van der Waals surface area (Å²) in [5, 5.41) is 5.70. The van der Waals surface area contributed by atoms with Crippen molar-refractivity contribution in [3.8, 4) is 0 Å². The number of halogens is 1. The zero-order valence-electron chi connectivity index (χ0n) is 9.84. The fourth-order valence-electron chi connectivity index (χ4n) is 2.70.